The summed E-state index contributed by atoms with van der Waals surface area (Å²) in [6.07, 6.45) is 10.6. The molecule has 1 aromatic heterocycles. The van der Waals surface area contributed by atoms with Gasteiger partial charge in [-0.1, -0.05) is 32.9 Å². The summed E-state index contributed by atoms with van der Waals surface area (Å²) in [6, 6.07) is 1.98. The van der Waals surface area contributed by atoms with E-state index in [9.17, 15) is 0 Å². The molecule has 2 unspecified atom stereocenters. The average Bonchev–Trinajstić information content (AvgIpc) is 2.47. The number of pyridine rings is 1. The summed E-state index contributed by atoms with van der Waals surface area (Å²) in [7, 11) is 0. The number of aromatic nitrogens is 1. The minimum Gasteiger partial charge on any atom is -0.493 e. The van der Waals surface area contributed by atoms with Crippen molar-refractivity contribution in [2.75, 3.05) is 13.2 Å². The summed E-state index contributed by atoms with van der Waals surface area (Å²) < 4.78 is 6.09. The molecule has 0 aliphatic heterocycles. The van der Waals surface area contributed by atoms with Crippen LogP contribution in [-0.4, -0.2) is 18.1 Å². The van der Waals surface area contributed by atoms with E-state index >= 15 is 0 Å². The maximum atomic E-state index is 6.09. The van der Waals surface area contributed by atoms with Crippen LogP contribution in [0.2, 0.25) is 0 Å². The van der Waals surface area contributed by atoms with E-state index in [-0.39, 0.29) is 0 Å². The van der Waals surface area contributed by atoms with E-state index in [1.54, 1.807) is 0 Å². The van der Waals surface area contributed by atoms with E-state index in [1.165, 1.54) is 6.42 Å². The van der Waals surface area contributed by atoms with Gasteiger partial charge in [0, 0.05) is 24.5 Å². The fourth-order valence-corrected chi connectivity index (χ4v) is 2.62. The molecule has 0 saturated carbocycles. The van der Waals surface area contributed by atoms with Crippen LogP contribution >= 0.6 is 0 Å². The van der Waals surface area contributed by atoms with Crippen LogP contribution in [0.5, 0.6) is 5.75 Å². The lowest BCUT2D eigenvalue weighted by Crippen LogP contribution is -2.22. The number of nitrogens with one attached hydrogen (secondary N) is 1. The molecule has 0 saturated heterocycles. The van der Waals surface area contributed by atoms with E-state index in [0.29, 0.717) is 17.8 Å². The fourth-order valence-electron chi connectivity index (χ4n) is 2.62. The highest BCUT2D eigenvalue weighted by Gasteiger charge is 2.19. The van der Waals surface area contributed by atoms with Crippen molar-refractivity contribution in [1.82, 2.24) is 10.3 Å². The Morgan fingerprint density at radius 3 is 2.90 bits per heavy atom. The molecule has 1 N–H and O–H groups in total. The highest BCUT2D eigenvalue weighted by Crippen LogP contribution is 2.26. The van der Waals surface area contributed by atoms with Gasteiger partial charge in [-0.15, -0.1) is 0 Å². The molecule has 2 atom stereocenters. The molecular formula is C18H28N2O. The Labute approximate surface area is 128 Å². The molecule has 1 aromatic rings. The SMILES string of the molecule is CC(C)CNCc1cnccc1OCC1CC=CCC1C. The van der Waals surface area contributed by atoms with Crippen molar-refractivity contribution >= 4 is 0 Å². The molecule has 3 nitrogen and oxygen atoms in total. The number of rotatable bonds is 7. The van der Waals surface area contributed by atoms with E-state index < -0.39 is 0 Å². The van der Waals surface area contributed by atoms with Crippen LogP contribution in [0.3, 0.4) is 0 Å². The van der Waals surface area contributed by atoms with Gasteiger partial charge in [0.2, 0.25) is 0 Å². The average molecular weight is 288 g/mol. The molecule has 21 heavy (non-hydrogen) atoms. The van der Waals surface area contributed by atoms with Crippen LogP contribution in [0.1, 0.15) is 39.2 Å². The van der Waals surface area contributed by atoms with E-state index in [1.807, 2.05) is 18.5 Å². The maximum Gasteiger partial charge on any atom is 0.126 e. The summed E-state index contributed by atoms with van der Waals surface area (Å²) in [6.45, 7) is 9.37. The van der Waals surface area contributed by atoms with Gasteiger partial charge in [-0.25, -0.2) is 0 Å². The number of allylic oxidation sites excluding steroid dienone is 2. The predicted octanol–water partition coefficient (Wildman–Crippen LogP) is 3.81. The highest BCUT2D eigenvalue weighted by atomic mass is 16.5. The Kier molecular flexibility index (Phi) is 6.24. The van der Waals surface area contributed by atoms with Crippen LogP contribution in [-0.2, 0) is 6.54 Å². The predicted molar refractivity (Wildman–Crippen MR) is 87.3 cm³/mol. The highest BCUT2D eigenvalue weighted by molar-refractivity contribution is 5.30. The molecule has 1 heterocycles. The van der Waals surface area contributed by atoms with Gasteiger partial charge in [0.25, 0.3) is 0 Å². The zero-order valence-corrected chi connectivity index (χ0v) is 13.5. The summed E-state index contributed by atoms with van der Waals surface area (Å²) in [5, 5.41) is 3.46. The largest absolute Gasteiger partial charge is 0.493 e. The fraction of sp³-hybridized carbons (Fsp3) is 0.611. The summed E-state index contributed by atoms with van der Waals surface area (Å²) in [5.74, 6) is 2.96. The Bertz CT molecular complexity index is 456. The van der Waals surface area contributed by atoms with E-state index in [4.69, 9.17) is 4.74 Å². The standard InChI is InChI=1S/C18H28N2O/c1-14(2)10-20-12-17-11-19-9-8-18(17)21-13-16-7-5-4-6-15(16)3/h4-5,8-9,11,14-16,20H,6-7,10,12-13H2,1-3H3. The molecular weight excluding hydrogens is 260 g/mol. The third-order valence-corrected chi connectivity index (χ3v) is 4.10. The molecule has 3 heteroatoms. The lowest BCUT2D eigenvalue weighted by Gasteiger charge is -2.25. The third-order valence-electron chi connectivity index (χ3n) is 4.10. The van der Waals surface area contributed by atoms with Crippen LogP contribution in [0.15, 0.2) is 30.6 Å². The quantitative estimate of drug-likeness (QED) is 0.775. The van der Waals surface area contributed by atoms with Gasteiger partial charge in [0.15, 0.2) is 0 Å². The first-order valence-electron chi connectivity index (χ1n) is 8.08. The molecule has 1 aliphatic rings. The van der Waals surface area contributed by atoms with Crippen LogP contribution in [0.4, 0.5) is 0 Å². The van der Waals surface area contributed by atoms with E-state index in [2.05, 4.69) is 43.2 Å². The van der Waals surface area contributed by atoms with Crippen molar-refractivity contribution in [3.05, 3.63) is 36.2 Å². The molecule has 0 fully saturated rings. The summed E-state index contributed by atoms with van der Waals surface area (Å²) in [5.41, 5.74) is 1.15. The lowest BCUT2D eigenvalue weighted by molar-refractivity contribution is 0.196. The van der Waals surface area contributed by atoms with Crippen molar-refractivity contribution in [1.29, 1.82) is 0 Å². The van der Waals surface area contributed by atoms with E-state index in [0.717, 1.165) is 37.4 Å². The zero-order valence-electron chi connectivity index (χ0n) is 13.5. The minimum atomic E-state index is 0.625. The Morgan fingerprint density at radius 1 is 1.33 bits per heavy atom. The Balaban J connectivity index is 1.88. The molecule has 0 radical (unpaired) electrons. The first-order chi connectivity index (χ1) is 10.2. The molecule has 1 aliphatic carbocycles. The van der Waals surface area contributed by atoms with Gasteiger partial charge in [0.05, 0.1) is 6.61 Å². The first-order valence-corrected chi connectivity index (χ1v) is 8.08. The molecule has 2 rings (SSSR count). The second-order valence-corrected chi connectivity index (χ2v) is 6.50. The van der Waals surface area contributed by atoms with Gasteiger partial charge in [0.1, 0.15) is 5.75 Å². The summed E-state index contributed by atoms with van der Waals surface area (Å²) in [4.78, 5) is 4.22. The Hall–Kier alpha value is -1.35. The zero-order chi connectivity index (χ0) is 15.1. The van der Waals surface area contributed by atoms with Crippen LogP contribution in [0.25, 0.3) is 0 Å². The first kappa shape index (κ1) is 16.0. The van der Waals surface area contributed by atoms with Gasteiger partial charge in [-0.05, 0) is 43.2 Å². The van der Waals surface area contributed by atoms with Crippen molar-refractivity contribution in [3.8, 4) is 5.75 Å². The van der Waals surface area contributed by atoms with Gasteiger partial charge < -0.3 is 10.1 Å². The van der Waals surface area contributed by atoms with Crippen LogP contribution < -0.4 is 10.1 Å². The third kappa shape index (κ3) is 5.16. The number of hydrogen-bond donors (Lipinski definition) is 1. The van der Waals surface area contributed by atoms with Gasteiger partial charge >= 0.3 is 0 Å². The van der Waals surface area contributed by atoms with Gasteiger partial charge in [-0.2, -0.15) is 0 Å². The Morgan fingerprint density at radius 2 is 2.14 bits per heavy atom. The summed E-state index contributed by atoms with van der Waals surface area (Å²) >= 11 is 0. The molecule has 0 amide bonds. The lowest BCUT2D eigenvalue weighted by atomic mass is 9.85. The van der Waals surface area contributed by atoms with Crippen molar-refractivity contribution < 1.29 is 4.74 Å². The number of hydrogen-bond acceptors (Lipinski definition) is 3. The van der Waals surface area contributed by atoms with Crippen LogP contribution in [0, 0.1) is 17.8 Å². The monoisotopic (exact) mass is 288 g/mol. The smallest absolute Gasteiger partial charge is 0.126 e. The molecule has 116 valence electrons. The minimum absolute atomic E-state index is 0.625. The second kappa shape index (κ2) is 8.18. The molecule has 0 aromatic carbocycles. The normalized spacial score (nSPS) is 21.7. The van der Waals surface area contributed by atoms with Crippen molar-refractivity contribution in [2.24, 2.45) is 17.8 Å². The van der Waals surface area contributed by atoms with Crippen molar-refractivity contribution in [2.45, 2.75) is 40.2 Å². The number of ether oxygens (including phenoxy) is 1. The topological polar surface area (TPSA) is 34.2 Å². The van der Waals surface area contributed by atoms with Crippen molar-refractivity contribution in [3.63, 3.8) is 0 Å². The second-order valence-electron chi connectivity index (χ2n) is 6.50. The maximum absolute atomic E-state index is 6.09. The molecule has 0 bridgehead atoms. The van der Waals surface area contributed by atoms with Gasteiger partial charge in [-0.3, -0.25) is 4.98 Å². The molecule has 0 spiro atoms. The number of nitrogens with zero attached hydrogens (tertiary/aromatic N) is 1.